The summed E-state index contributed by atoms with van der Waals surface area (Å²) in [4.78, 5) is 45.1. The molecule has 186 valence electrons. The molecule has 3 aromatic carbocycles. The quantitative estimate of drug-likeness (QED) is 0.366. The van der Waals surface area contributed by atoms with Gasteiger partial charge in [-0.2, -0.15) is 0 Å². The van der Waals surface area contributed by atoms with Crippen LogP contribution in [0.1, 0.15) is 58.5 Å². The predicted molar refractivity (Wildman–Crippen MR) is 142 cm³/mol. The van der Waals surface area contributed by atoms with Crippen LogP contribution in [0.4, 0.5) is 10.1 Å². The Morgan fingerprint density at radius 1 is 0.946 bits per heavy atom. The molecule has 0 bridgehead atoms. The lowest BCUT2D eigenvalue weighted by Gasteiger charge is -2.38. The third-order valence-corrected chi connectivity index (χ3v) is 8.24. The number of Topliss-reactive ketones (excluding diaryl/α,β-unsaturated/α-hetero) is 3. The Labute approximate surface area is 219 Å². The minimum absolute atomic E-state index is 0.101. The fourth-order valence-electron chi connectivity index (χ4n) is 6.43. The summed E-state index contributed by atoms with van der Waals surface area (Å²) >= 11 is 6.30. The standard InChI is InChI=1S/C31H25ClFNO3/c1-30(2,3)29(37)26-25(17-8-12-20(33)13-9-17)31(27(35)21-6-4-5-7-22(21)28(31)36)24-15-10-18-16-19(32)11-14-23(18)34(24)26/h4-16,24-26H,1-3H3/t24-,25-,26+/m1/s1. The highest BCUT2D eigenvalue weighted by molar-refractivity contribution is 6.32. The summed E-state index contributed by atoms with van der Waals surface area (Å²) in [5, 5.41) is 0.546. The van der Waals surface area contributed by atoms with Crippen molar-refractivity contribution in [2.24, 2.45) is 10.8 Å². The molecule has 1 spiro atoms. The SMILES string of the molecule is CC(C)(C)C(=O)[C@@H]1[C@@H](c2ccc(F)cc2)C2(C(=O)c3ccccc3C2=O)[C@H]2C=Cc3cc(Cl)ccc3N12. The van der Waals surface area contributed by atoms with Gasteiger partial charge < -0.3 is 4.90 Å². The summed E-state index contributed by atoms with van der Waals surface area (Å²) in [6.45, 7) is 5.52. The van der Waals surface area contributed by atoms with Crippen LogP contribution in [0.15, 0.2) is 72.8 Å². The van der Waals surface area contributed by atoms with Gasteiger partial charge in [-0.25, -0.2) is 4.39 Å². The van der Waals surface area contributed by atoms with Crippen LogP contribution in [0.2, 0.25) is 5.02 Å². The lowest BCUT2D eigenvalue weighted by molar-refractivity contribution is -0.127. The van der Waals surface area contributed by atoms with Gasteiger partial charge in [-0.1, -0.05) is 80.9 Å². The zero-order chi connectivity index (χ0) is 26.3. The van der Waals surface area contributed by atoms with Gasteiger partial charge in [0.2, 0.25) is 0 Å². The summed E-state index contributed by atoms with van der Waals surface area (Å²) < 4.78 is 14.1. The van der Waals surface area contributed by atoms with Crippen molar-refractivity contribution in [3.05, 3.63) is 106 Å². The van der Waals surface area contributed by atoms with Crippen LogP contribution < -0.4 is 4.90 Å². The van der Waals surface area contributed by atoms with Crippen molar-refractivity contribution in [1.29, 1.82) is 0 Å². The van der Waals surface area contributed by atoms with Crippen molar-refractivity contribution in [3.8, 4) is 0 Å². The fraction of sp³-hybridized carbons (Fsp3) is 0.258. The molecule has 2 aliphatic heterocycles. The number of rotatable bonds is 2. The van der Waals surface area contributed by atoms with Gasteiger partial charge in [0.15, 0.2) is 17.3 Å². The normalized spacial score (nSPS) is 23.3. The third-order valence-electron chi connectivity index (χ3n) is 8.00. The van der Waals surface area contributed by atoms with Gasteiger partial charge >= 0.3 is 0 Å². The molecule has 3 atom stereocenters. The van der Waals surface area contributed by atoms with E-state index in [1.54, 1.807) is 42.5 Å². The Bertz CT molecular complexity index is 1480. The molecule has 0 radical (unpaired) electrons. The van der Waals surface area contributed by atoms with E-state index in [1.807, 2.05) is 50.0 Å². The minimum atomic E-state index is -1.58. The van der Waals surface area contributed by atoms with Crippen LogP contribution in [-0.4, -0.2) is 29.4 Å². The van der Waals surface area contributed by atoms with E-state index in [1.165, 1.54) is 12.1 Å². The molecule has 3 aromatic rings. The summed E-state index contributed by atoms with van der Waals surface area (Å²) in [5.74, 6) is -1.97. The summed E-state index contributed by atoms with van der Waals surface area (Å²) in [5.41, 5.74) is 0.487. The zero-order valence-corrected chi connectivity index (χ0v) is 21.4. The largest absolute Gasteiger partial charge is 0.352 e. The molecule has 6 heteroatoms. The van der Waals surface area contributed by atoms with E-state index in [0.29, 0.717) is 21.7 Å². The number of anilines is 1. The number of benzene rings is 3. The number of hydrogen-bond acceptors (Lipinski definition) is 4. The molecule has 0 saturated carbocycles. The average molecular weight is 514 g/mol. The molecule has 0 N–H and O–H groups in total. The number of fused-ring (bicyclic) bond motifs is 5. The van der Waals surface area contributed by atoms with Gasteiger partial charge in [-0.3, -0.25) is 14.4 Å². The summed E-state index contributed by atoms with van der Waals surface area (Å²) in [7, 11) is 0. The van der Waals surface area contributed by atoms with Crippen LogP contribution in [-0.2, 0) is 4.79 Å². The van der Waals surface area contributed by atoms with Gasteiger partial charge in [-0.05, 0) is 41.5 Å². The van der Waals surface area contributed by atoms with Crippen LogP contribution in [0, 0.1) is 16.6 Å². The van der Waals surface area contributed by atoms with Crippen LogP contribution >= 0.6 is 11.6 Å². The van der Waals surface area contributed by atoms with Gasteiger partial charge in [0, 0.05) is 33.2 Å². The molecular formula is C31H25ClFNO3. The van der Waals surface area contributed by atoms with E-state index in [2.05, 4.69) is 0 Å². The van der Waals surface area contributed by atoms with Gasteiger partial charge in [0.25, 0.3) is 0 Å². The highest BCUT2D eigenvalue weighted by Gasteiger charge is 2.71. The Hall–Kier alpha value is -3.57. The topological polar surface area (TPSA) is 54.5 Å². The maximum absolute atomic E-state index is 14.4. The number of nitrogens with zero attached hydrogens (tertiary/aromatic N) is 1. The number of carbonyl (C=O) groups excluding carboxylic acids is 3. The van der Waals surface area contributed by atoms with Gasteiger partial charge in [-0.15, -0.1) is 0 Å². The second kappa shape index (κ2) is 7.96. The first kappa shape index (κ1) is 23.8. The number of ketones is 3. The second-order valence-corrected chi connectivity index (χ2v) is 11.5. The van der Waals surface area contributed by atoms with E-state index in [4.69, 9.17) is 11.6 Å². The van der Waals surface area contributed by atoms with E-state index in [9.17, 15) is 18.8 Å². The molecule has 2 heterocycles. The number of halogens is 2. The molecule has 6 rings (SSSR count). The summed E-state index contributed by atoms with van der Waals surface area (Å²) in [6, 6.07) is 16.5. The molecule has 1 fully saturated rings. The molecule has 3 aliphatic rings. The molecule has 37 heavy (non-hydrogen) atoms. The zero-order valence-electron chi connectivity index (χ0n) is 20.7. The van der Waals surface area contributed by atoms with Crippen molar-refractivity contribution in [1.82, 2.24) is 0 Å². The van der Waals surface area contributed by atoms with Crippen molar-refractivity contribution in [2.45, 2.75) is 38.8 Å². The van der Waals surface area contributed by atoms with E-state index in [0.717, 1.165) is 11.3 Å². The Morgan fingerprint density at radius 2 is 1.57 bits per heavy atom. The average Bonchev–Trinajstić information content (AvgIpc) is 3.29. The Kier molecular flexibility index (Phi) is 5.12. The third kappa shape index (κ3) is 3.16. The molecule has 0 aromatic heterocycles. The highest BCUT2D eigenvalue weighted by atomic mass is 35.5. The maximum Gasteiger partial charge on any atom is 0.180 e. The van der Waals surface area contributed by atoms with Crippen molar-refractivity contribution in [3.63, 3.8) is 0 Å². The lowest BCUT2D eigenvalue weighted by Crippen LogP contribution is -2.49. The fourth-order valence-corrected chi connectivity index (χ4v) is 6.62. The van der Waals surface area contributed by atoms with Gasteiger partial charge in [0.05, 0.1) is 12.1 Å². The van der Waals surface area contributed by atoms with Crippen molar-refractivity contribution in [2.75, 3.05) is 4.90 Å². The second-order valence-electron chi connectivity index (χ2n) is 11.1. The highest BCUT2D eigenvalue weighted by Crippen LogP contribution is 2.61. The van der Waals surface area contributed by atoms with E-state index in [-0.39, 0.29) is 17.3 Å². The van der Waals surface area contributed by atoms with E-state index < -0.39 is 34.6 Å². The summed E-state index contributed by atoms with van der Waals surface area (Å²) in [6.07, 6.45) is 3.73. The molecule has 0 unspecified atom stereocenters. The van der Waals surface area contributed by atoms with E-state index >= 15 is 0 Å². The number of hydrogen-bond donors (Lipinski definition) is 0. The maximum atomic E-state index is 14.4. The molecule has 4 nitrogen and oxygen atoms in total. The smallest absolute Gasteiger partial charge is 0.180 e. The number of carbonyl (C=O) groups is 3. The Balaban J connectivity index is 1.70. The first-order chi connectivity index (χ1) is 17.6. The Morgan fingerprint density at radius 3 is 2.16 bits per heavy atom. The van der Waals surface area contributed by atoms with Crippen molar-refractivity contribution < 1.29 is 18.8 Å². The molecular weight excluding hydrogens is 489 g/mol. The predicted octanol–water partition coefficient (Wildman–Crippen LogP) is 6.53. The van der Waals surface area contributed by atoms with Crippen molar-refractivity contribution >= 4 is 40.7 Å². The monoisotopic (exact) mass is 513 g/mol. The molecule has 0 amide bonds. The van der Waals surface area contributed by atoms with Crippen LogP contribution in [0.5, 0.6) is 0 Å². The van der Waals surface area contributed by atoms with Crippen LogP contribution in [0.3, 0.4) is 0 Å². The lowest BCUT2D eigenvalue weighted by atomic mass is 9.63. The first-order valence-corrected chi connectivity index (χ1v) is 12.7. The molecule has 1 aliphatic carbocycles. The molecule has 1 saturated heterocycles. The minimum Gasteiger partial charge on any atom is -0.352 e. The van der Waals surface area contributed by atoms with Gasteiger partial charge in [0.1, 0.15) is 11.2 Å². The van der Waals surface area contributed by atoms with Crippen LogP contribution in [0.25, 0.3) is 6.08 Å². The first-order valence-electron chi connectivity index (χ1n) is 12.3.